The molecule has 3 nitrogen and oxygen atoms in total. The third kappa shape index (κ3) is 2.48. The van der Waals surface area contributed by atoms with Crippen LogP contribution >= 0.6 is 0 Å². The number of anilines is 1. The molecule has 0 fully saturated rings. The molecule has 1 aromatic carbocycles. The van der Waals surface area contributed by atoms with Crippen LogP contribution in [0.4, 0.5) is 5.69 Å². The van der Waals surface area contributed by atoms with Crippen LogP contribution in [0.15, 0.2) is 36.5 Å². The van der Waals surface area contributed by atoms with Gasteiger partial charge < -0.3 is 9.47 Å². The lowest BCUT2D eigenvalue weighted by molar-refractivity contribution is 0.0911. The SMILES string of the molecule is CN(C)c1ccc(-n2ccc3c2CC(C)(C)CC3=O)cc1. The summed E-state index contributed by atoms with van der Waals surface area (Å²) in [5, 5.41) is 0. The zero-order valence-corrected chi connectivity index (χ0v) is 13.2. The molecule has 0 spiro atoms. The molecule has 21 heavy (non-hydrogen) atoms. The van der Waals surface area contributed by atoms with Gasteiger partial charge in [-0.1, -0.05) is 13.8 Å². The maximum Gasteiger partial charge on any atom is 0.165 e. The van der Waals surface area contributed by atoms with Crippen LogP contribution in [0.1, 0.15) is 36.3 Å². The summed E-state index contributed by atoms with van der Waals surface area (Å²) in [7, 11) is 4.07. The number of benzene rings is 1. The molecule has 1 aliphatic carbocycles. The fraction of sp³-hybridized carbons (Fsp3) is 0.389. The summed E-state index contributed by atoms with van der Waals surface area (Å²) in [5.74, 6) is 0.268. The first-order chi connectivity index (χ1) is 9.87. The van der Waals surface area contributed by atoms with Crippen LogP contribution in [0, 0.1) is 5.41 Å². The van der Waals surface area contributed by atoms with Gasteiger partial charge in [-0.2, -0.15) is 0 Å². The molecule has 0 radical (unpaired) electrons. The predicted octanol–water partition coefficient (Wildman–Crippen LogP) is 3.70. The van der Waals surface area contributed by atoms with E-state index in [1.165, 1.54) is 5.69 Å². The normalized spacial score (nSPS) is 16.7. The van der Waals surface area contributed by atoms with Gasteiger partial charge in [0.25, 0.3) is 0 Å². The molecule has 1 heterocycles. The van der Waals surface area contributed by atoms with Gasteiger partial charge in [0.05, 0.1) is 0 Å². The topological polar surface area (TPSA) is 25.2 Å². The zero-order valence-electron chi connectivity index (χ0n) is 13.2. The highest BCUT2D eigenvalue weighted by molar-refractivity contribution is 5.99. The third-order valence-corrected chi connectivity index (χ3v) is 4.22. The number of hydrogen-bond acceptors (Lipinski definition) is 2. The second-order valence-corrected chi connectivity index (χ2v) is 6.90. The molecule has 1 aliphatic rings. The van der Waals surface area contributed by atoms with Crippen LogP contribution in [-0.2, 0) is 6.42 Å². The van der Waals surface area contributed by atoms with Crippen molar-refractivity contribution >= 4 is 11.5 Å². The minimum atomic E-state index is 0.0454. The molecular formula is C18H22N2O. The summed E-state index contributed by atoms with van der Waals surface area (Å²) >= 11 is 0. The molecule has 0 N–H and O–H groups in total. The van der Waals surface area contributed by atoms with Gasteiger partial charge in [-0.25, -0.2) is 0 Å². The summed E-state index contributed by atoms with van der Waals surface area (Å²) in [5.41, 5.74) is 4.38. The fourth-order valence-corrected chi connectivity index (χ4v) is 3.10. The van der Waals surface area contributed by atoms with Gasteiger partial charge in [-0.3, -0.25) is 4.79 Å². The highest BCUT2D eigenvalue weighted by Gasteiger charge is 2.33. The lowest BCUT2D eigenvalue weighted by Gasteiger charge is -2.29. The molecule has 0 amide bonds. The van der Waals surface area contributed by atoms with Crippen LogP contribution in [0.2, 0.25) is 0 Å². The van der Waals surface area contributed by atoms with Gasteiger partial charge in [0.2, 0.25) is 0 Å². The number of fused-ring (bicyclic) bond motifs is 1. The predicted molar refractivity (Wildman–Crippen MR) is 86.5 cm³/mol. The Morgan fingerprint density at radius 2 is 1.71 bits per heavy atom. The second-order valence-electron chi connectivity index (χ2n) is 6.90. The van der Waals surface area contributed by atoms with Crippen LogP contribution in [0.3, 0.4) is 0 Å². The third-order valence-electron chi connectivity index (χ3n) is 4.22. The highest BCUT2D eigenvalue weighted by Crippen LogP contribution is 2.36. The number of carbonyl (C=O) groups excluding carboxylic acids is 1. The summed E-state index contributed by atoms with van der Waals surface area (Å²) in [4.78, 5) is 14.4. The van der Waals surface area contributed by atoms with Crippen molar-refractivity contribution < 1.29 is 4.79 Å². The molecule has 0 saturated heterocycles. The Hall–Kier alpha value is -2.03. The second kappa shape index (κ2) is 4.76. The van der Waals surface area contributed by atoms with Gasteiger partial charge in [0.15, 0.2) is 5.78 Å². The van der Waals surface area contributed by atoms with E-state index in [1.54, 1.807) is 0 Å². The maximum absolute atomic E-state index is 12.3. The van der Waals surface area contributed by atoms with E-state index in [2.05, 4.69) is 47.6 Å². The van der Waals surface area contributed by atoms with Crippen molar-refractivity contribution in [3.63, 3.8) is 0 Å². The van der Waals surface area contributed by atoms with Crippen LogP contribution in [-0.4, -0.2) is 24.4 Å². The number of aromatic nitrogens is 1. The van der Waals surface area contributed by atoms with Gasteiger partial charge >= 0.3 is 0 Å². The van der Waals surface area contributed by atoms with Crippen molar-refractivity contribution in [3.8, 4) is 5.69 Å². The highest BCUT2D eigenvalue weighted by atomic mass is 16.1. The molecule has 3 rings (SSSR count). The lowest BCUT2D eigenvalue weighted by atomic mass is 9.76. The molecule has 0 saturated carbocycles. The Morgan fingerprint density at radius 1 is 1.05 bits per heavy atom. The molecule has 1 aromatic heterocycles. The summed E-state index contributed by atoms with van der Waals surface area (Å²) in [6.07, 6.45) is 3.61. The van der Waals surface area contributed by atoms with Gasteiger partial charge in [-0.15, -0.1) is 0 Å². The summed E-state index contributed by atoms with van der Waals surface area (Å²) in [6.45, 7) is 4.33. The van der Waals surface area contributed by atoms with Crippen molar-refractivity contribution in [1.82, 2.24) is 4.57 Å². The van der Waals surface area contributed by atoms with Crippen molar-refractivity contribution in [2.45, 2.75) is 26.7 Å². The average molecular weight is 282 g/mol. The lowest BCUT2D eigenvalue weighted by Crippen LogP contribution is -2.27. The molecule has 0 atom stereocenters. The standard InChI is InChI=1S/C18H22N2O/c1-18(2)11-16-15(17(21)12-18)9-10-20(16)14-7-5-13(6-8-14)19(3)4/h5-10H,11-12H2,1-4H3. The number of Topliss-reactive ketones (excluding diaryl/α,β-unsaturated/α-hetero) is 1. The van der Waals surface area contributed by atoms with Gasteiger partial charge in [0.1, 0.15) is 0 Å². The van der Waals surface area contributed by atoms with Crippen LogP contribution in [0.25, 0.3) is 5.69 Å². The molecule has 2 aromatic rings. The Morgan fingerprint density at radius 3 is 2.33 bits per heavy atom. The Bertz CT molecular complexity index is 678. The first-order valence-corrected chi connectivity index (χ1v) is 7.39. The first-order valence-electron chi connectivity index (χ1n) is 7.39. The Labute approximate surface area is 126 Å². The Balaban J connectivity index is 2.03. The molecule has 0 unspecified atom stereocenters. The van der Waals surface area contributed by atoms with Gasteiger partial charge in [0, 0.05) is 49.3 Å². The van der Waals surface area contributed by atoms with E-state index in [-0.39, 0.29) is 11.2 Å². The number of rotatable bonds is 2. The van der Waals surface area contributed by atoms with E-state index < -0.39 is 0 Å². The van der Waals surface area contributed by atoms with Crippen molar-refractivity contribution in [2.75, 3.05) is 19.0 Å². The minimum absolute atomic E-state index is 0.0454. The van der Waals surface area contributed by atoms with Crippen LogP contribution < -0.4 is 4.90 Å². The Kier molecular flexibility index (Phi) is 3.16. The number of hydrogen-bond donors (Lipinski definition) is 0. The van der Waals surface area contributed by atoms with Crippen molar-refractivity contribution in [2.24, 2.45) is 5.41 Å². The zero-order chi connectivity index (χ0) is 15.2. The van der Waals surface area contributed by atoms with E-state index in [0.717, 1.165) is 23.4 Å². The molecular weight excluding hydrogens is 260 g/mol. The van der Waals surface area contributed by atoms with Gasteiger partial charge in [-0.05, 0) is 42.2 Å². The van der Waals surface area contributed by atoms with E-state index in [4.69, 9.17) is 0 Å². The van der Waals surface area contributed by atoms with E-state index in [0.29, 0.717) is 6.42 Å². The molecule has 0 bridgehead atoms. The largest absolute Gasteiger partial charge is 0.378 e. The monoisotopic (exact) mass is 282 g/mol. The van der Waals surface area contributed by atoms with Crippen molar-refractivity contribution in [1.29, 1.82) is 0 Å². The van der Waals surface area contributed by atoms with E-state index in [9.17, 15) is 4.79 Å². The first kappa shape index (κ1) is 13.9. The van der Waals surface area contributed by atoms with Crippen molar-refractivity contribution in [3.05, 3.63) is 47.8 Å². The maximum atomic E-state index is 12.3. The van der Waals surface area contributed by atoms with E-state index in [1.807, 2.05) is 26.4 Å². The van der Waals surface area contributed by atoms with Crippen LogP contribution in [0.5, 0.6) is 0 Å². The molecule has 0 aliphatic heterocycles. The van der Waals surface area contributed by atoms with E-state index >= 15 is 0 Å². The minimum Gasteiger partial charge on any atom is -0.378 e. The number of nitrogens with zero attached hydrogens (tertiary/aromatic N) is 2. The summed E-state index contributed by atoms with van der Waals surface area (Å²) < 4.78 is 2.16. The number of carbonyl (C=O) groups is 1. The quantitative estimate of drug-likeness (QED) is 0.839. The molecule has 3 heteroatoms. The summed E-state index contributed by atoms with van der Waals surface area (Å²) in [6, 6.07) is 10.4. The fourth-order valence-electron chi connectivity index (χ4n) is 3.10. The molecule has 110 valence electrons. The smallest absolute Gasteiger partial charge is 0.165 e. The number of ketones is 1. The average Bonchev–Trinajstić information content (AvgIpc) is 2.81.